The minimum absolute atomic E-state index is 0.0944. The summed E-state index contributed by atoms with van der Waals surface area (Å²) in [4.78, 5) is 13.7. The average molecular weight is 293 g/mol. The zero-order chi connectivity index (χ0) is 15.3. The van der Waals surface area contributed by atoms with Gasteiger partial charge in [-0.3, -0.25) is 4.79 Å². The average Bonchev–Trinajstić information content (AvgIpc) is 3.19. The quantitative estimate of drug-likeness (QED) is 0.882. The number of nitrogens with zero attached hydrogens (tertiary/aromatic N) is 1. The molecule has 21 heavy (non-hydrogen) atoms. The van der Waals surface area contributed by atoms with Gasteiger partial charge in [0.05, 0.1) is 25.1 Å². The Morgan fingerprint density at radius 1 is 1.38 bits per heavy atom. The van der Waals surface area contributed by atoms with Crippen molar-refractivity contribution in [2.75, 3.05) is 13.1 Å². The van der Waals surface area contributed by atoms with E-state index < -0.39 is 11.2 Å². The highest BCUT2D eigenvalue weighted by molar-refractivity contribution is 5.78. The third-order valence-corrected chi connectivity index (χ3v) is 4.61. The number of carbonyl (C=O) groups is 1. The summed E-state index contributed by atoms with van der Waals surface area (Å²) in [6, 6.07) is 5.68. The number of carbonyl (C=O) groups excluding carboxylic acids is 1. The molecule has 4 nitrogen and oxygen atoms in total. The first kappa shape index (κ1) is 14.5. The number of likely N-dealkylation sites (tertiary alicyclic amines) is 1. The van der Waals surface area contributed by atoms with Crippen molar-refractivity contribution in [1.82, 2.24) is 4.90 Å². The second-order valence-electron chi connectivity index (χ2n) is 6.60. The number of halogens is 1. The highest BCUT2D eigenvalue weighted by Gasteiger charge is 2.48. The Balaban J connectivity index is 1.59. The van der Waals surface area contributed by atoms with E-state index in [0.29, 0.717) is 5.56 Å². The van der Waals surface area contributed by atoms with E-state index in [1.54, 1.807) is 11.8 Å². The predicted octanol–water partition coefficient (Wildman–Crippen LogP) is 1.41. The molecule has 1 aromatic rings. The number of aliphatic hydroxyl groups is 2. The molecule has 1 amide bonds. The molecule has 1 aliphatic heterocycles. The van der Waals surface area contributed by atoms with Crippen LogP contribution in [0.3, 0.4) is 0 Å². The molecule has 2 N–H and O–H groups in total. The van der Waals surface area contributed by atoms with Crippen LogP contribution in [0.5, 0.6) is 0 Å². The Morgan fingerprint density at radius 2 is 1.95 bits per heavy atom. The summed E-state index contributed by atoms with van der Waals surface area (Å²) in [6.07, 6.45) is 2.04. The molecule has 0 radical (unpaired) electrons. The monoisotopic (exact) mass is 293 g/mol. The lowest BCUT2D eigenvalue weighted by molar-refractivity contribution is -0.162. The summed E-state index contributed by atoms with van der Waals surface area (Å²) in [6.45, 7) is 2.09. The first-order chi connectivity index (χ1) is 9.80. The highest BCUT2D eigenvalue weighted by Crippen LogP contribution is 2.42. The maximum atomic E-state index is 12.9. The van der Waals surface area contributed by atoms with Crippen LogP contribution in [-0.4, -0.2) is 39.7 Å². The molecule has 1 unspecified atom stereocenters. The fourth-order valence-electron chi connectivity index (χ4n) is 2.97. The molecule has 1 aliphatic carbocycles. The van der Waals surface area contributed by atoms with E-state index in [4.69, 9.17) is 0 Å². The first-order valence-corrected chi connectivity index (χ1v) is 7.29. The second kappa shape index (κ2) is 4.78. The molecule has 0 aromatic heterocycles. The zero-order valence-electron chi connectivity index (χ0n) is 12.1. The van der Waals surface area contributed by atoms with E-state index in [-0.39, 0.29) is 37.2 Å². The van der Waals surface area contributed by atoms with Crippen molar-refractivity contribution in [2.45, 2.75) is 37.4 Å². The summed E-state index contributed by atoms with van der Waals surface area (Å²) < 4.78 is 12.9. The van der Waals surface area contributed by atoms with Gasteiger partial charge in [-0.2, -0.15) is 0 Å². The molecule has 2 aliphatic rings. The Bertz CT molecular complexity index is 545. The smallest absolute Gasteiger partial charge is 0.225 e. The van der Waals surface area contributed by atoms with E-state index in [2.05, 4.69) is 0 Å². The van der Waals surface area contributed by atoms with Crippen molar-refractivity contribution in [3.63, 3.8) is 0 Å². The molecule has 1 aromatic carbocycles. The maximum Gasteiger partial charge on any atom is 0.225 e. The van der Waals surface area contributed by atoms with Crippen LogP contribution in [0.1, 0.15) is 31.7 Å². The predicted molar refractivity (Wildman–Crippen MR) is 74.8 cm³/mol. The van der Waals surface area contributed by atoms with Gasteiger partial charge in [0.15, 0.2) is 0 Å². The van der Waals surface area contributed by atoms with Gasteiger partial charge in [-0.25, -0.2) is 4.39 Å². The van der Waals surface area contributed by atoms with Gasteiger partial charge in [0.1, 0.15) is 11.4 Å². The van der Waals surface area contributed by atoms with E-state index in [0.717, 1.165) is 12.8 Å². The number of hydrogen-bond donors (Lipinski definition) is 2. The van der Waals surface area contributed by atoms with Gasteiger partial charge in [0.2, 0.25) is 5.91 Å². The summed E-state index contributed by atoms with van der Waals surface area (Å²) in [5, 5.41) is 20.7. The topological polar surface area (TPSA) is 60.8 Å². The molecule has 1 saturated carbocycles. The maximum absolute atomic E-state index is 12.9. The SMILES string of the molecule is CC(O)(CC(=O)N1CC(O)(c2ccc(F)cc2)C1)C1CC1. The third kappa shape index (κ3) is 2.80. The fraction of sp³-hybridized carbons (Fsp3) is 0.562. The lowest BCUT2D eigenvalue weighted by Crippen LogP contribution is -2.62. The summed E-state index contributed by atoms with van der Waals surface area (Å²) in [5.41, 5.74) is -1.43. The van der Waals surface area contributed by atoms with E-state index in [9.17, 15) is 19.4 Å². The van der Waals surface area contributed by atoms with Gasteiger partial charge in [-0.1, -0.05) is 12.1 Å². The van der Waals surface area contributed by atoms with Gasteiger partial charge < -0.3 is 15.1 Å². The molecule has 2 fully saturated rings. The largest absolute Gasteiger partial charge is 0.389 e. The van der Waals surface area contributed by atoms with Crippen molar-refractivity contribution in [1.29, 1.82) is 0 Å². The molecular formula is C16H20FNO3. The van der Waals surface area contributed by atoms with Crippen molar-refractivity contribution < 1.29 is 19.4 Å². The molecular weight excluding hydrogens is 273 g/mol. The molecule has 3 rings (SSSR count). The minimum atomic E-state index is -1.10. The Hall–Kier alpha value is -1.46. The summed E-state index contributed by atoms with van der Waals surface area (Å²) in [7, 11) is 0. The van der Waals surface area contributed by atoms with Gasteiger partial charge in [0.25, 0.3) is 0 Å². The van der Waals surface area contributed by atoms with Crippen LogP contribution in [-0.2, 0) is 10.4 Å². The standard InChI is InChI=1S/C16H20FNO3/c1-15(20,11-2-3-11)8-14(19)18-9-16(21,10-18)12-4-6-13(17)7-5-12/h4-7,11,20-21H,2-3,8-10H2,1H3. The molecule has 114 valence electrons. The summed E-state index contributed by atoms with van der Waals surface area (Å²) in [5.74, 6) is -0.271. The van der Waals surface area contributed by atoms with Crippen LogP contribution in [0.2, 0.25) is 0 Å². The number of β-amino-alcohol motifs (C(OH)–C–C–N with tert-alkyl or cyclic N) is 1. The van der Waals surface area contributed by atoms with E-state index in [1.165, 1.54) is 24.3 Å². The summed E-state index contributed by atoms with van der Waals surface area (Å²) >= 11 is 0. The van der Waals surface area contributed by atoms with Crippen molar-refractivity contribution in [3.8, 4) is 0 Å². The number of amides is 1. The third-order valence-electron chi connectivity index (χ3n) is 4.61. The fourth-order valence-corrected chi connectivity index (χ4v) is 2.97. The van der Waals surface area contributed by atoms with Crippen LogP contribution < -0.4 is 0 Å². The van der Waals surface area contributed by atoms with Gasteiger partial charge in [-0.15, -0.1) is 0 Å². The van der Waals surface area contributed by atoms with Crippen molar-refractivity contribution >= 4 is 5.91 Å². The van der Waals surface area contributed by atoms with Gasteiger partial charge >= 0.3 is 0 Å². The minimum Gasteiger partial charge on any atom is -0.389 e. The van der Waals surface area contributed by atoms with Crippen molar-refractivity contribution in [3.05, 3.63) is 35.6 Å². The number of rotatable bonds is 4. The lowest BCUT2D eigenvalue weighted by Gasteiger charge is -2.47. The van der Waals surface area contributed by atoms with E-state index >= 15 is 0 Å². The van der Waals surface area contributed by atoms with E-state index in [1.807, 2.05) is 0 Å². The molecule has 5 heteroatoms. The van der Waals surface area contributed by atoms with Crippen LogP contribution in [0, 0.1) is 11.7 Å². The zero-order valence-corrected chi connectivity index (χ0v) is 12.1. The van der Waals surface area contributed by atoms with Gasteiger partial charge in [0, 0.05) is 0 Å². The van der Waals surface area contributed by atoms with Crippen molar-refractivity contribution in [2.24, 2.45) is 5.92 Å². The normalized spacial score (nSPS) is 23.3. The number of hydrogen-bond acceptors (Lipinski definition) is 3. The van der Waals surface area contributed by atoms with Crippen LogP contribution in [0.15, 0.2) is 24.3 Å². The first-order valence-electron chi connectivity index (χ1n) is 7.29. The molecule has 1 saturated heterocycles. The molecule has 0 spiro atoms. The Morgan fingerprint density at radius 3 is 2.48 bits per heavy atom. The Labute approximate surface area is 123 Å². The van der Waals surface area contributed by atoms with Gasteiger partial charge in [-0.05, 0) is 43.4 Å². The second-order valence-corrected chi connectivity index (χ2v) is 6.60. The van der Waals surface area contributed by atoms with Crippen LogP contribution in [0.4, 0.5) is 4.39 Å². The number of benzene rings is 1. The highest BCUT2D eigenvalue weighted by atomic mass is 19.1. The lowest BCUT2D eigenvalue weighted by atomic mass is 9.85. The molecule has 0 bridgehead atoms. The van der Waals surface area contributed by atoms with Crippen LogP contribution >= 0.6 is 0 Å². The van der Waals surface area contributed by atoms with Crippen LogP contribution in [0.25, 0.3) is 0 Å². The molecule has 1 heterocycles. The Kier molecular flexibility index (Phi) is 3.30. The molecule has 1 atom stereocenters.